The van der Waals surface area contributed by atoms with Crippen LogP contribution in [0.3, 0.4) is 0 Å². The summed E-state index contributed by atoms with van der Waals surface area (Å²) in [6.45, 7) is 0. The van der Waals surface area contributed by atoms with Crippen molar-refractivity contribution in [2.24, 2.45) is 0 Å². The minimum absolute atomic E-state index is 0.140. The molecule has 4 rings (SSSR count). The Morgan fingerprint density at radius 2 is 1.19 bits per heavy atom. The van der Waals surface area contributed by atoms with Crippen LogP contribution in [0.25, 0.3) is 33.6 Å². The van der Waals surface area contributed by atoms with Crippen LogP contribution in [-0.4, -0.2) is 10.2 Å². The molecular formula is C23H16O4. The monoisotopic (exact) mass is 356 g/mol. The Morgan fingerprint density at radius 3 is 1.78 bits per heavy atom. The zero-order chi connectivity index (χ0) is 18.8. The van der Waals surface area contributed by atoms with E-state index in [1.54, 1.807) is 48.5 Å². The first kappa shape index (κ1) is 16.7. The van der Waals surface area contributed by atoms with E-state index in [0.717, 1.165) is 11.1 Å². The molecule has 0 unspecified atom stereocenters. The van der Waals surface area contributed by atoms with Crippen LogP contribution in [0.1, 0.15) is 0 Å². The standard InChI is InChI=1S/C23H16O4/c24-18-10-6-15(7-11-18)20-14-21(16-8-12-19(25)13-9-16)27-23(26)22(20)17-4-2-1-3-5-17/h1-14,24-25H. The highest BCUT2D eigenvalue weighted by atomic mass is 16.4. The summed E-state index contributed by atoms with van der Waals surface area (Å²) in [5.41, 5.74) is 2.95. The smallest absolute Gasteiger partial charge is 0.344 e. The molecule has 0 aliphatic rings. The first-order chi connectivity index (χ1) is 13.1. The predicted molar refractivity (Wildman–Crippen MR) is 105 cm³/mol. The summed E-state index contributed by atoms with van der Waals surface area (Å²) in [5, 5.41) is 19.1. The molecule has 0 amide bonds. The molecule has 0 aliphatic heterocycles. The van der Waals surface area contributed by atoms with Crippen LogP contribution in [0.2, 0.25) is 0 Å². The summed E-state index contributed by atoms with van der Waals surface area (Å²) in [6, 6.07) is 24.3. The van der Waals surface area contributed by atoms with E-state index in [1.165, 1.54) is 0 Å². The molecule has 132 valence electrons. The van der Waals surface area contributed by atoms with Crippen LogP contribution < -0.4 is 5.63 Å². The number of benzene rings is 3. The van der Waals surface area contributed by atoms with Gasteiger partial charge in [0, 0.05) is 11.1 Å². The Bertz CT molecular complexity index is 1130. The molecule has 4 aromatic rings. The van der Waals surface area contributed by atoms with Gasteiger partial charge >= 0.3 is 5.63 Å². The number of aromatic hydroxyl groups is 2. The van der Waals surface area contributed by atoms with Crippen molar-refractivity contribution in [2.45, 2.75) is 0 Å². The maximum Gasteiger partial charge on any atom is 0.344 e. The molecule has 27 heavy (non-hydrogen) atoms. The van der Waals surface area contributed by atoms with Crippen molar-refractivity contribution in [1.82, 2.24) is 0 Å². The van der Waals surface area contributed by atoms with Crippen LogP contribution >= 0.6 is 0 Å². The van der Waals surface area contributed by atoms with Crippen LogP contribution in [0, 0.1) is 0 Å². The van der Waals surface area contributed by atoms with Crippen molar-refractivity contribution in [3.63, 3.8) is 0 Å². The summed E-state index contributed by atoms with van der Waals surface area (Å²) in [6.07, 6.45) is 0. The van der Waals surface area contributed by atoms with Gasteiger partial charge in [-0.3, -0.25) is 0 Å². The lowest BCUT2D eigenvalue weighted by Crippen LogP contribution is -2.06. The third-order valence-electron chi connectivity index (χ3n) is 4.34. The lowest BCUT2D eigenvalue weighted by Gasteiger charge is -2.11. The number of hydrogen-bond donors (Lipinski definition) is 2. The fourth-order valence-corrected chi connectivity index (χ4v) is 3.01. The van der Waals surface area contributed by atoms with Gasteiger partial charge in [0.1, 0.15) is 17.3 Å². The van der Waals surface area contributed by atoms with Gasteiger partial charge in [-0.25, -0.2) is 4.79 Å². The van der Waals surface area contributed by atoms with E-state index in [9.17, 15) is 15.0 Å². The van der Waals surface area contributed by atoms with E-state index in [-0.39, 0.29) is 11.5 Å². The van der Waals surface area contributed by atoms with Gasteiger partial charge in [0.05, 0.1) is 5.56 Å². The quantitative estimate of drug-likeness (QED) is 0.539. The third-order valence-corrected chi connectivity index (χ3v) is 4.34. The molecule has 3 aromatic carbocycles. The van der Waals surface area contributed by atoms with Crippen molar-refractivity contribution in [1.29, 1.82) is 0 Å². The molecule has 0 spiro atoms. The van der Waals surface area contributed by atoms with Crippen LogP contribution in [0.4, 0.5) is 0 Å². The zero-order valence-electron chi connectivity index (χ0n) is 14.3. The van der Waals surface area contributed by atoms with Crippen molar-refractivity contribution in [2.75, 3.05) is 0 Å². The maximum atomic E-state index is 12.9. The van der Waals surface area contributed by atoms with Gasteiger partial charge in [-0.15, -0.1) is 0 Å². The fourth-order valence-electron chi connectivity index (χ4n) is 3.01. The molecule has 0 radical (unpaired) electrons. The Morgan fingerprint density at radius 1 is 0.630 bits per heavy atom. The molecule has 0 atom stereocenters. The van der Waals surface area contributed by atoms with E-state index in [2.05, 4.69) is 0 Å². The van der Waals surface area contributed by atoms with E-state index < -0.39 is 5.63 Å². The van der Waals surface area contributed by atoms with E-state index in [0.29, 0.717) is 22.5 Å². The number of rotatable bonds is 3. The average molecular weight is 356 g/mol. The first-order valence-corrected chi connectivity index (χ1v) is 8.44. The Kier molecular flexibility index (Phi) is 4.22. The van der Waals surface area contributed by atoms with Crippen LogP contribution in [-0.2, 0) is 0 Å². The predicted octanol–water partition coefficient (Wildman–Crippen LogP) is 5.05. The molecule has 1 aromatic heterocycles. The highest BCUT2D eigenvalue weighted by Crippen LogP contribution is 2.34. The SMILES string of the molecule is O=c1oc(-c2ccc(O)cc2)cc(-c2ccc(O)cc2)c1-c1ccccc1. The highest BCUT2D eigenvalue weighted by Gasteiger charge is 2.16. The van der Waals surface area contributed by atoms with Crippen molar-refractivity contribution in [3.05, 3.63) is 95.3 Å². The summed E-state index contributed by atoms with van der Waals surface area (Å²) in [4.78, 5) is 12.9. The Labute approximate surface area is 155 Å². The van der Waals surface area contributed by atoms with Crippen molar-refractivity contribution in [3.8, 4) is 45.1 Å². The summed E-state index contributed by atoms with van der Waals surface area (Å²) in [5.74, 6) is 0.699. The van der Waals surface area contributed by atoms with E-state index >= 15 is 0 Å². The maximum absolute atomic E-state index is 12.9. The third kappa shape index (κ3) is 3.33. The molecular weight excluding hydrogens is 340 g/mol. The minimum Gasteiger partial charge on any atom is -0.508 e. The van der Waals surface area contributed by atoms with E-state index in [1.807, 2.05) is 36.4 Å². The summed E-state index contributed by atoms with van der Waals surface area (Å²) in [7, 11) is 0. The van der Waals surface area contributed by atoms with E-state index in [4.69, 9.17) is 4.42 Å². The molecule has 0 fully saturated rings. The zero-order valence-corrected chi connectivity index (χ0v) is 14.3. The van der Waals surface area contributed by atoms with Crippen molar-refractivity contribution >= 4 is 0 Å². The summed E-state index contributed by atoms with van der Waals surface area (Å²) < 4.78 is 5.59. The number of phenols is 2. The molecule has 0 saturated carbocycles. The van der Waals surface area contributed by atoms with Gasteiger partial charge in [-0.05, 0) is 53.6 Å². The molecule has 0 aliphatic carbocycles. The lowest BCUT2D eigenvalue weighted by molar-refractivity contribution is 0.475. The largest absolute Gasteiger partial charge is 0.508 e. The molecule has 1 heterocycles. The highest BCUT2D eigenvalue weighted by molar-refractivity contribution is 5.84. The molecule has 2 N–H and O–H groups in total. The second-order valence-electron chi connectivity index (χ2n) is 6.15. The molecule has 4 heteroatoms. The van der Waals surface area contributed by atoms with Gasteiger partial charge in [-0.1, -0.05) is 42.5 Å². The van der Waals surface area contributed by atoms with Gasteiger partial charge in [0.2, 0.25) is 0 Å². The second kappa shape index (κ2) is 6.84. The van der Waals surface area contributed by atoms with Crippen LogP contribution in [0.15, 0.2) is 94.1 Å². The Balaban J connectivity index is 1.98. The first-order valence-electron chi connectivity index (χ1n) is 8.44. The minimum atomic E-state index is -0.449. The summed E-state index contributed by atoms with van der Waals surface area (Å²) >= 11 is 0. The molecule has 0 bridgehead atoms. The van der Waals surface area contributed by atoms with Gasteiger partial charge in [0.15, 0.2) is 0 Å². The number of phenolic OH excluding ortho intramolecular Hbond substituents is 2. The second-order valence-corrected chi connectivity index (χ2v) is 6.15. The topological polar surface area (TPSA) is 70.7 Å². The normalized spacial score (nSPS) is 10.7. The fraction of sp³-hybridized carbons (Fsp3) is 0. The molecule has 0 saturated heterocycles. The van der Waals surface area contributed by atoms with Gasteiger partial charge < -0.3 is 14.6 Å². The van der Waals surface area contributed by atoms with Gasteiger partial charge in [-0.2, -0.15) is 0 Å². The van der Waals surface area contributed by atoms with Gasteiger partial charge in [0.25, 0.3) is 0 Å². The molecule has 4 nitrogen and oxygen atoms in total. The average Bonchev–Trinajstić information content (AvgIpc) is 2.69. The lowest BCUT2D eigenvalue weighted by atomic mass is 9.95. The number of hydrogen-bond acceptors (Lipinski definition) is 4. The van der Waals surface area contributed by atoms with Crippen molar-refractivity contribution < 1.29 is 14.6 Å². The Hall–Kier alpha value is -3.79. The van der Waals surface area contributed by atoms with Crippen LogP contribution in [0.5, 0.6) is 11.5 Å².